The van der Waals surface area contributed by atoms with E-state index in [9.17, 15) is 0 Å². The van der Waals surface area contributed by atoms with Crippen LogP contribution >= 0.6 is 11.5 Å². The Morgan fingerprint density at radius 1 is 1.57 bits per heavy atom. The largest absolute Gasteiger partial charge is 0.496 e. The minimum atomic E-state index is 0.640. The van der Waals surface area contributed by atoms with Crippen molar-refractivity contribution in [3.05, 3.63) is 17.7 Å². The standard InChI is InChI=1S/C8H7N3O2S/c1-13-7-3-2-6-8(14-11-10-6)5(7)4-9-12/h2-4,12H,1H3. The summed E-state index contributed by atoms with van der Waals surface area (Å²) in [6.07, 6.45) is 1.32. The Hall–Kier alpha value is -1.69. The van der Waals surface area contributed by atoms with Gasteiger partial charge in [0.25, 0.3) is 0 Å². The summed E-state index contributed by atoms with van der Waals surface area (Å²) in [6.45, 7) is 0. The molecule has 0 saturated carbocycles. The Bertz CT molecular complexity index is 480. The smallest absolute Gasteiger partial charge is 0.129 e. The Morgan fingerprint density at radius 3 is 3.14 bits per heavy atom. The molecule has 0 aliphatic carbocycles. The fourth-order valence-electron chi connectivity index (χ4n) is 1.21. The summed E-state index contributed by atoms with van der Waals surface area (Å²) >= 11 is 1.24. The van der Waals surface area contributed by atoms with Gasteiger partial charge < -0.3 is 9.94 Å². The summed E-state index contributed by atoms with van der Waals surface area (Å²) in [6, 6.07) is 3.58. The van der Waals surface area contributed by atoms with Crippen LogP contribution < -0.4 is 4.74 Å². The number of oxime groups is 1. The van der Waals surface area contributed by atoms with E-state index in [-0.39, 0.29) is 0 Å². The SMILES string of the molecule is COc1ccc2nnsc2c1C=NO. The molecule has 6 heteroatoms. The lowest BCUT2D eigenvalue weighted by Crippen LogP contribution is -1.90. The van der Waals surface area contributed by atoms with Gasteiger partial charge in [-0.25, -0.2) is 0 Å². The van der Waals surface area contributed by atoms with Gasteiger partial charge in [-0.1, -0.05) is 9.64 Å². The van der Waals surface area contributed by atoms with Gasteiger partial charge in [0, 0.05) is 0 Å². The van der Waals surface area contributed by atoms with Crippen molar-refractivity contribution in [2.24, 2.45) is 5.16 Å². The van der Waals surface area contributed by atoms with E-state index in [4.69, 9.17) is 9.94 Å². The second kappa shape index (κ2) is 3.59. The number of aromatic nitrogens is 2. The first-order chi connectivity index (χ1) is 6.86. The predicted octanol–water partition coefficient (Wildman–Crippen LogP) is 1.51. The van der Waals surface area contributed by atoms with Crippen molar-refractivity contribution in [3.8, 4) is 5.75 Å². The number of methoxy groups -OCH3 is 1. The van der Waals surface area contributed by atoms with Crippen molar-refractivity contribution in [1.82, 2.24) is 9.59 Å². The fraction of sp³-hybridized carbons (Fsp3) is 0.125. The van der Waals surface area contributed by atoms with Crippen molar-refractivity contribution in [2.45, 2.75) is 0 Å². The normalized spacial score (nSPS) is 11.2. The maximum atomic E-state index is 8.51. The molecule has 1 aromatic heterocycles. The van der Waals surface area contributed by atoms with Crippen LogP contribution in [-0.2, 0) is 0 Å². The minimum absolute atomic E-state index is 0.640. The molecule has 0 aliphatic heterocycles. The Morgan fingerprint density at radius 2 is 2.43 bits per heavy atom. The summed E-state index contributed by atoms with van der Waals surface area (Å²) < 4.78 is 9.79. The molecule has 0 radical (unpaired) electrons. The third-order valence-electron chi connectivity index (χ3n) is 1.82. The molecule has 0 saturated heterocycles. The van der Waals surface area contributed by atoms with Crippen molar-refractivity contribution < 1.29 is 9.94 Å². The van der Waals surface area contributed by atoms with Gasteiger partial charge in [0.15, 0.2) is 0 Å². The Balaban J connectivity index is 2.75. The second-order valence-corrected chi connectivity index (χ2v) is 3.30. The molecule has 0 spiro atoms. The van der Waals surface area contributed by atoms with Crippen LogP contribution in [0.4, 0.5) is 0 Å². The molecule has 2 aromatic rings. The average molecular weight is 209 g/mol. The van der Waals surface area contributed by atoms with E-state index in [1.165, 1.54) is 17.7 Å². The van der Waals surface area contributed by atoms with Gasteiger partial charge in [-0.15, -0.1) is 5.10 Å². The first-order valence-electron chi connectivity index (χ1n) is 3.83. The average Bonchev–Trinajstić information content (AvgIpc) is 2.67. The molecule has 1 aromatic carbocycles. The van der Waals surface area contributed by atoms with Crippen molar-refractivity contribution >= 4 is 28.0 Å². The maximum absolute atomic E-state index is 8.51. The number of ether oxygens (including phenoxy) is 1. The van der Waals surface area contributed by atoms with Crippen LogP contribution in [0.5, 0.6) is 5.75 Å². The van der Waals surface area contributed by atoms with Gasteiger partial charge >= 0.3 is 0 Å². The van der Waals surface area contributed by atoms with Crippen molar-refractivity contribution in [1.29, 1.82) is 0 Å². The van der Waals surface area contributed by atoms with Crippen LogP contribution in [-0.4, -0.2) is 28.1 Å². The van der Waals surface area contributed by atoms with Crippen LogP contribution in [0.1, 0.15) is 5.56 Å². The van der Waals surface area contributed by atoms with Crippen LogP contribution in [0.15, 0.2) is 17.3 Å². The number of hydrogen-bond acceptors (Lipinski definition) is 6. The summed E-state index contributed by atoms with van der Waals surface area (Å²) in [5.41, 5.74) is 1.47. The van der Waals surface area contributed by atoms with E-state index in [0.717, 1.165) is 10.2 Å². The van der Waals surface area contributed by atoms with Gasteiger partial charge in [-0.2, -0.15) is 0 Å². The highest BCUT2D eigenvalue weighted by Gasteiger charge is 2.09. The minimum Gasteiger partial charge on any atom is -0.496 e. The monoisotopic (exact) mass is 209 g/mol. The summed E-state index contributed by atoms with van der Waals surface area (Å²) in [7, 11) is 1.56. The van der Waals surface area contributed by atoms with Gasteiger partial charge in [0.2, 0.25) is 0 Å². The van der Waals surface area contributed by atoms with Gasteiger partial charge in [0.05, 0.1) is 23.6 Å². The number of rotatable bonds is 2. The van der Waals surface area contributed by atoms with E-state index < -0.39 is 0 Å². The predicted molar refractivity (Wildman–Crippen MR) is 53.3 cm³/mol. The lowest BCUT2D eigenvalue weighted by molar-refractivity contribution is 0.321. The lowest BCUT2D eigenvalue weighted by atomic mass is 10.2. The first kappa shape index (κ1) is 8.89. The van der Waals surface area contributed by atoms with E-state index in [2.05, 4.69) is 14.7 Å². The summed E-state index contributed by atoms with van der Waals surface area (Å²) in [5, 5.41) is 15.4. The zero-order valence-electron chi connectivity index (χ0n) is 7.34. The van der Waals surface area contributed by atoms with E-state index in [1.54, 1.807) is 13.2 Å². The third kappa shape index (κ3) is 1.29. The molecule has 5 nitrogen and oxygen atoms in total. The third-order valence-corrected chi connectivity index (χ3v) is 2.60. The molecule has 1 heterocycles. The highest BCUT2D eigenvalue weighted by atomic mass is 32.1. The summed E-state index contributed by atoms with van der Waals surface area (Å²) in [5.74, 6) is 0.640. The molecule has 2 rings (SSSR count). The zero-order chi connectivity index (χ0) is 9.97. The molecular formula is C8H7N3O2S. The quantitative estimate of drug-likeness (QED) is 0.462. The molecule has 0 aliphatic rings. The zero-order valence-corrected chi connectivity index (χ0v) is 8.15. The summed E-state index contributed by atoms with van der Waals surface area (Å²) in [4.78, 5) is 0. The molecule has 0 amide bonds. The van der Waals surface area contributed by atoms with E-state index >= 15 is 0 Å². The number of nitrogens with zero attached hydrogens (tertiary/aromatic N) is 3. The molecule has 0 bridgehead atoms. The van der Waals surface area contributed by atoms with Gasteiger partial charge in [-0.05, 0) is 23.7 Å². The van der Waals surface area contributed by atoms with E-state index in [1.807, 2.05) is 6.07 Å². The molecule has 0 fully saturated rings. The topological polar surface area (TPSA) is 67.6 Å². The molecule has 1 N–H and O–H groups in total. The van der Waals surface area contributed by atoms with Crippen molar-refractivity contribution in [3.63, 3.8) is 0 Å². The molecule has 0 unspecified atom stereocenters. The maximum Gasteiger partial charge on any atom is 0.129 e. The van der Waals surface area contributed by atoms with Crippen LogP contribution in [0.3, 0.4) is 0 Å². The van der Waals surface area contributed by atoms with Crippen LogP contribution in [0, 0.1) is 0 Å². The fourth-order valence-corrected chi connectivity index (χ4v) is 1.87. The highest BCUT2D eigenvalue weighted by Crippen LogP contribution is 2.27. The molecule has 0 atom stereocenters. The number of hydrogen-bond donors (Lipinski definition) is 1. The van der Waals surface area contributed by atoms with Gasteiger partial charge in [0.1, 0.15) is 11.3 Å². The molecule has 14 heavy (non-hydrogen) atoms. The Labute approximate surface area is 83.8 Å². The van der Waals surface area contributed by atoms with E-state index in [0.29, 0.717) is 11.3 Å². The van der Waals surface area contributed by atoms with Gasteiger partial charge in [-0.3, -0.25) is 0 Å². The van der Waals surface area contributed by atoms with Crippen molar-refractivity contribution in [2.75, 3.05) is 7.11 Å². The highest BCUT2D eigenvalue weighted by molar-refractivity contribution is 7.13. The van der Waals surface area contributed by atoms with Crippen LogP contribution in [0.25, 0.3) is 10.2 Å². The lowest BCUT2D eigenvalue weighted by Gasteiger charge is -2.02. The molecular weight excluding hydrogens is 202 g/mol. The Kier molecular flexibility index (Phi) is 2.28. The molecule has 72 valence electrons. The first-order valence-corrected chi connectivity index (χ1v) is 4.60. The number of benzene rings is 1. The number of fused-ring (bicyclic) bond motifs is 1. The van der Waals surface area contributed by atoms with Crippen LogP contribution in [0.2, 0.25) is 0 Å². The second-order valence-electron chi connectivity index (χ2n) is 2.55.